The van der Waals surface area contributed by atoms with E-state index in [9.17, 15) is 9.59 Å². The van der Waals surface area contributed by atoms with Gasteiger partial charge in [0, 0.05) is 33.2 Å². The Kier molecular flexibility index (Phi) is 7.43. The molecule has 0 aromatic carbocycles. The highest BCUT2D eigenvalue weighted by atomic mass is 16.5. The number of nitrogens with one attached hydrogen (secondary N) is 1. The summed E-state index contributed by atoms with van der Waals surface area (Å²) in [5, 5.41) is 11.5. The molecule has 2 atom stereocenters. The Bertz CT molecular complexity index is 289. The zero-order valence-corrected chi connectivity index (χ0v) is 11.4. The second kappa shape index (κ2) is 8.87. The van der Waals surface area contributed by atoms with Gasteiger partial charge in [0.25, 0.3) is 0 Å². The SMILES string of the molecule is COCCC(NC(=O)CCC1CCCCO1)C(=O)O. The van der Waals surface area contributed by atoms with Crippen LogP contribution < -0.4 is 5.32 Å². The Hall–Kier alpha value is -1.14. The van der Waals surface area contributed by atoms with Crippen LogP contribution in [-0.4, -0.2) is 49.5 Å². The van der Waals surface area contributed by atoms with Crippen LogP contribution in [0, 0.1) is 0 Å². The minimum Gasteiger partial charge on any atom is -0.480 e. The zero-order chi connectivity index (χ0) is 14.1. The van der Waals surface area contributed by atoms with Gasteiger partial charge in [-0.2, -0.15) is 0 Å². The van der Waals surface area contributed by atoms with E-state index >= 15 is 0 Å². The number of rotatable bonds is 8. The van der Waals surface area contributed by atoms with E-state index in [1.54, 1.807) is 0 Å². The van der Waals surface area contributed by atoms with Gasteiger partial charge in [-0.3, -0.25) is 4.79 Å². The summed E-state index contributed by atoms with van der Waals surface area (Å²) in [6.07, 6.45) is 4.58. The molecule has 0 aromatic heterocycles. The second-order valence-electron chi connectivity index (χ2n) is 4.77. The number of carbonyl (C=O) groups is 2. The van der Waals surface area contributed by atoms with Gasteiger partial charge in [-0.15, -0.1) is 0 Å². The molecule has 0 radical (unpaired) electrons. The van der Waals surface area contributed by atoms with Gasteiger partial charge in [-0.05, 0) is 25.7 Å². The molecule has 0 spiro atoms. The van der Waals surface area contributed by atoms with Crippen molar-refractivity contribution in [3.05, 3.63) is 0 Å². The van der Waals surface area contributed by atoms with E-state index < -0.39 is 12.0 Å². The van der Waals surface area contributed by atoms with Gasteiger partial charge in [0.15, 0.2) is 0 Å². The molecule has 1 aliphatic heterocycles. The predicted octanol–water partition coefficient (Wildman–Crippen LogP) is 0.942. The summed E-state index contributed by atoms with van der Waals surface area (Å²) in [7, 11) is 1.50. The predicted molar refractivity (Wildman–Crippen MR) is 68.9 cm³/mol. The summed E-state index contributed by atoms with van der Waals surface area (Å²) >= 11 is 0. The molecular weight excluding hydrogens is 250 g/mol. The Morgan fingerprint density at radius 2 is 2.26 bits per heavy atom. The second-order valence-corrected chi connectivity index (χ2v) is 4.77. The van der Waals surface area contributed by atoms with Crippen molar-refractivity contribution in [2.75, 3.05) is 20.3 Å². The number of ether oxygens (including phenoxy) is 2. The summed E-state index contributed by atoms with van der Waals surface area (Å²) < 4.78 is 10.4. The van der Waals surface area contributed by atoms with Crippen molar-refractivity contribution in [1.82, 2.24) is 5.32 Å². The summed E-state index contributed by atoms with van der Waals surface area (Å²) in [6.45, 7) is 1.07. The molecule has 2 N–H and O–H groups in total. The maximum Gasteiger partial charge on any atom is 0.326 e. The van der Waals surface area contributed by atoms with Crippen LogP contribution in [0.5, 0.6) is 0 Å². The van der Waals surface area contributed by atoms with Crippen molar-refractivity contribution in [3.63, 3.8) is 0 Å². The third kappa shape index (κ3) is 6.54. The number of methoxy groups -OCH3 is 1. The molecular formula is C13H23NO5. The molecule has 0 saturated carbocycles. The summed E-state index contributed by atoms with van der Waals surface area (Å²) in [5.41, 5.74) is 0. The first-order chi connectivity index (χ1) is 9.13. The molecule has 2 unspecified atom stereocenters. The van der Waals surface area contributed by atoms with Gasteiger partial charge in [0.1, 0.15) is 6.04 Å². The third-order valence-electron chi connectivity index (χ3n) is 3.21. The molecule has 6 heteroatoms. The van der Waals surface area contributed by atoms with Crippen LogP contribution in [0.1, 0.15) is 38.5 Å². The minimum atomic E-state index is -1.03. The van der Waals surface area contributed by atoms with Crippen molar-refractivity contribution >= 4 is 11.9 Å². The van der Waals surface area contributed by atoms with Crippen LogP contribution in [0.2, 0.25) is 0 Å². The van der Waals surface area contributed by atoms with Crippen LogP contribution in [-0.2, 0) is 19.1 Å². The number of hydrogen-bond donors (Lipinski definition) is 2. The van der Waals surface area contributed by atoms with Crippen LogP contribution in [0.25, 0.3) is 0 Å². The normalized spacial score (nSPS) is 20.8. The molecule has 6 nitrogen and oxygen atoms in total. The number of aliphatic carboxylic acids is 1. The summed E-state index contributed by atoms with van der Waals surface area (Å²) in [6, 6.07) is -0.875. The minimum absolute atomic E-state index is 0.141. The van der Waals surface area contributed by atoms with E-state index in [0.717, 1.165) is 25.9 Å². The fourth-order valence-electron chi connectivity index (χ4n) is 2.09. The Morgan fingerprint density at radius 1 is 1.47 bits per heavy atom. The standard InChI is InChI=1S/C13H23NO5/c1-18-9-7-11(13(16)17)14-12(15)6-5-10-4-2-3-8-19-10/h10-11H,2-9H2,1H3,(H,14,15)(H,16,17). The maximum absolute atomic E-state index is 11.7. The van der Waals surface area contributed by atoms with E-state index in [1.165, 1.54) is 7.11 Å². The highest BCUT2D eigenvalue weighted by Crippen LogP contribution is 2.16. The Labute approximate surface area is 113 Å². The fourth-order valence-corrected chi connectivity index (χ4v) is 2.09. The number of hydrogen-bond acceptors (Lipinski definition) is 4. The van der Waals surface area contributed by atoms with Gasteiger partial charge in [-0.25, -0.2) is 4.79 Å². The van der Waals surface area contributed by atoms with Gasteiger partial charge in [-0.1, -0.05) is 0 Å². The van der Waals surface area contributed by atoms with Gasteiger partial charge < -0.3 is 19.9 Å². The average Bonchev–Trinajstić information content (AvgIpc) is 2.42. The summed E-state index contributed by atoms with van der Waals surface area (Å²) in [5.74, 6) is -1.27. The van der Waals surface area contributed by atoms with Gasteiger partial charge in [0.05, 0.1) is 6.10 Å². The fraction of sp³-hybridized carbons (Fsp3) is 0.846. The zero-order valence-electron chi connectivity index (χ0n) is 11.4. The Morgan fingerprint density at radius 3 is 2.84 bits per heavy atom. The largest absolute Gasteiger partial charge is 0.480 e. The van der Waals surface area contributed by atoms with Crippen molar-refractivity contribution in [1.29, 1.82) is 0 Å². The number of amides is 1. The number of carboxylic acids is 1. The molecule has 1 fully saturated rings. The monoisotopic (exact) mass is 273 g/mol. The molecule has 19 heavy (non-hydrogen) atoms. The van der Waals surface area contributed by atoms with Crippen molar-refractivity contribution in [2.45, 2.75) is 50.7 Å². The lowest BCUT2D eigenvalue weighted by Crippen LogP contribution is -2.41. The first-order valence-electron chi connectivity index (χ1n) is 6.76. The number of carbonyl (C=O) groups excluding carboxylic acids is 1. The highest BCUT2D eigenvalue weighted by Gasteiger charge is 2.21. The third-order valence-corrected chi connectivity index (χ3v) is 3.21. The summed E-state index contributed by atoms with van der Waals surface area (Å²) in [4.78, 5) is 22.6. The van der Waals surface area contributed by atoms with E-state index in [-0.39, 0.29) is 18.4 Å². The van der Waals surface area contributed by atoms with Crippen molar-refractivity contribution < 1.29 is 24.2 Å². The quantitative estimate of drug-likeness (QED) is 0.687. The van der Waals surface area contributed by atoms with Crippen molar-refractivity contribution in [3.8, 4) is 0 Å². The molecule has 110 valence electrons. The van der Waals surface area contributed by atoms with Crippen LogP contribution in [0.15, 0.2) is 0 Å². The Balaban J connectivity index is 2.25. The molecule has 0 aromatic rings. The first-order valence-corrected chi connectivity index (χ1v) is 6.76. The lowest BCUT2D eigenvalue weighted by Gasteiger charge is -2.22. The molecule has 1 rings (SSSR count). The van der Waals surface area contributed by atoms with E-state index in [1.807, 2.05) is 0 Å². The van der Waals surface area contributed by atoms with Crippen LogP contribution in [0.3, 0.4) is 0 Å². The van der Waals surface area contributed by atoms with Gasteiger partial charge >= 0.3 is 5.97 Å². The first kappa shape index (κ1) is 15.9. The van der Waals surface area contributed by atoms with E-state index in [2.05, 4.69) is 5.32 Å². The lowest BCUT2D eigenvalue weighted by molar-refractivity contribution is -0.142. The van der Waals surface area contributed by atoms with Crippen LogP contribution in [0.4, 0.5) is 0 Å². The van der Waals surface area contributed by atoms with Crippen molar-refractivity contribution in [2.24, 2.45) is 0 Å². The molecule has 0 aliphatic carbocycles. The molecule has 1 aliphatic rings. The molecule has 0 bridgehead atoms. The van der Waals surface area contributed by atoms with Crippen LogP contribution >= 0.6 is 0 Å². The molecule has 1 saturated heterocycles. The van der Waals surface area contributed by atoms with Gasteiger partial charge in [0.2, 0.25) is 5.91 Å². The molecule has 1 heterocycles. The smallest absolute Gasteiger partial charge is 0.326 e. The topological polar surface area (TPSA) is 84.9 Å². The highest BCUT2D eigenvalue weighted by molar-refractivity contribution is 5.83. The number of carboxylic acid groups (broad SMARTS) is 1. The molecule has 1 amide bonds. The maximum atomic E-state index is 11.7. The lowest BCUT2D eigenvalue weighted by atomic mass is 10.0. The average molecular weight is 273 g/mol. The van der Waals surface area contributed by atoms with E-state index in [4.69, 9.17) is 14.6 Å². The van der Waals surface area contributed by atoms with E-state index in [0.29, 0.717) is 19.4 Å².